The van der Waals surface area contributed by atoms with Crippen LogP contribution in [0.4, 0.5) is 4.39 Å². The fourth-order valence-corrected chi connectivity index (χ4v) is 4.89. The first-order valence-electron chi connectivity index (χ1n) is 12.4. The highest BCUT2D eigenvalue weighted by Crippen LogP contribution is 2.36. The molecule has 0 bridgehead atoms. The normalized spacial score (nSPS) is 12.2. The molecule has 5 aromatic rings. The Labute approximate surface area is 231 Å². The van der Waals surface area contributed by atoms with Crippen LogP contribution < -0.4 is 5.14 Å². The molecule has 202 valence electrons. The molecule has 40 heavy (non-hydrogen) atoms. The first-order valence-corrected chi connectivity index (χ1v) is 14.0. The third kappa shape index (κ3) is 5.70. The summed E-state index contributed by atoms with van der Waals surface area (Å²) in [5.74, 6) is -1.47. The van der Waals surface area contributed by atoms with Crippen LogP contribution in [0.1, 0.15) is 24.2 Å². The van der Waals surface area contributed by atoms with Crippen LogP contribution in [-0.4, -0.2) is 19.5 Å². The third-order valence-corrected chi connectivity index (χ3v) is 7.49. The molecular formula is C31H25FN2O5S. The fraction of sp³-hybridized carbons (Fsp3) is 0.0968. The van der Waals surface area contributed by atoms with Gasteiger partial charge in [-0.1, -0.05) is 90.1 Å². The van der Waals surface area contributed by atoms with E-state index in [4.69, 9.17) is 14.4 Å². The molecule has 5 rings (SSSR count). The van der Waals surface area contributed by atoms with Crippen LogP contribution in [0.25, 0.3) is 33.5 Å². The van der Waals surface area contributed by atoms with Crippen molar-refractivity contribution >= 4 is 16.0 Å². The Morgan fingerprint density at radius 3 is 2.12 bits per heavy atom. The van der Waals surface area contributed by atoms with Crippen LogP contribution in [0.3, 0.4) is 0 Å². The van der Waals surface area contributed by atoms with Crippen LogP contribution in [0.2, 0.25) is 0 Å². The van der Waals surface area contributed by atoms with E-state index in [-0.39, 0.29) is 17.3 Å². The third-order valence-electron chi connectivity index (χ3n) is 6.56. The van der Waals surface area contributed by atoms with Crippen molar-refractivity contribution in [2.75, 3.05) is 0 Å². The minimum atomic E-state index is -3.88. The van der Waals surface area contributed by atoms with Gasteiger partial charge in [0, 0.05) is 11.1 Å². The van der Waals surface area contributed by atoms with Gasteiger partial charge in [-0.25, -0.2) is 17.9 Å². The van der Waals surface area contributed by atoms with E-state index in [9.17, 15) is 17.6 Å². The molecule has 1 unspecified atom stereocenters. The highest BCUT2D eigenvalue weighted by Gasteiger charge is 2.24. The number of primary sulfonamides is 1. The Balaban J connectivity index is 1.39. The number of hydrogen-bond acceptors (Lipinski definition) is 6. The number of nitrogens with two attached hydrogens (primary N) is 1. The molecule has 0 saturated carbocycles. The lowest BCUT2D eigenvalue weighted by Gasteiger charge is -2.13. The van der Waals surface area contributed by atoms with Gasteiger partial charge in [0.25, 0.3) is 0 Å². The second-order valence-electron chi connectivity index (χ2n) is 9.20. The number of hydrogen-bond donors (Lipinski definition) is 1. The summed E-state index contributed by atoms with van der Waals surface area (Å²) < 4.78 is 49.5. The predicted octanol–water partition coefficient (Wildman–Crippen LogP) is 6.31. The molecule has 1 aromatic heterocycles. The zero-order valence-electron chi connectivity index (χ0n) is 21.5. The number of sulfonamides is 1. The summed E-state index contributed by atoms with van der Waals surface area (Å²) in [7, 11) is -3.88. The molecule has 1 heterocycles. The molecule has 4 aromatic carbocycles. The predicted molar refractivity (Wildman–Crippen MR) is 149 cm³/mol. The lowest BCUT2D eigenvalue weighted by Crippen LogP contribution is -2.13. The molecule has 0 aliphatic carbocycles. The zero-order valence-corrected chi connectivity index (χ0v) is 22.3. The highest BCUT2D eigenvalue weighted by atomic mass is 32.2. The largest absolute Gasteiger partial charge is 0.457 e. The Morgan fingerprint density at radius 2 is 1.52 bits per heavy atom. The minimum Gasteiger partial charge on any atom is -0.457 e. The van der Waals surface area contributed by atoms with E-state index < -0.39 is 27.7 Å². The van der Waals surface area contributed by atoms with Gasteiger partial charge in [-0.2, -0.15) is 0 Å². The van der Waals surface area contributed by atoms with Gasteiger partial charge >= 0.3 is 5.97 Å². The molecule has 0 radical (unpaired) electrons. The van der Waals surface area contributed by atoms with Gasteiger partial charge in [-0.3, -0.25) is 4.79 Å². The molecule has 0 saturated heterocycles. The quantitative estimate of drug-likeness (QED) is 0.224. The first kappa shape index (κ1) is 27.0. The van der Waals surface area contributed by atoms with E-state index in [1.807, 2.05) is 60.7 Å². The van der Waals surface area contributed by atoms with Crippen LogP contribution in [0.5, 0.6) is 0 Å². The summed E-state index contributed by atoms with van der Waals surface area (Å²) in [5, 5.41) is 9.45. The molecular weight excluding hydrogens is 531 g/mol. The summed E-state index contributed by atoms with van der Waals surface area (Å²) >= 11 is 0. The molecule has 2 N–H and O–H groups in total. The maximum absolute atomic E-state index is 14.9. The van der Waals surface area contributed by atoms with Crippen molar-refractivity contribution < 1.29 is 26.9 Å². The van der Waals surface area contributed by atoms with Crippen molar-refractivity contribution in [3.05, 3.63) is 120 Å². The molecule has 9 heteroatoms. The molecule has 0 aliphatic heterocycles. The number of nitrogens with zero attached hydrogens (tertiary/aromatic N) is 1. The SMILES string of the molecule is CC(C(=O)OCc1onc(-c2ccccc2)c1-c1ccc(S(N)(=O)=O)cc1)c1ccc(-c2ccccc2)c(F)c1. The van der Waals surface area contributed by atoms with Crippen LogP contribution in [0, 0.1) is 5.82 Å². The van der Waals surface area contributed by atoms with Gasteiger partial charge in [0.1, 0.15) is 11.5 Å². The average molecular weight is 557 g/mol. The zero-order chi connectivity index (χ0) is 28.3. The molecule has 0 fully saturated rings. The van der Waals surface area contributed by atoms with Crippen molar-refractivity contribution in [2.24, 2.45) is 5.14 Å². The first-order chi connectivity index (χ1) is 19.2. The van der Waals surface area contributed by atoms with Gasteiger partial charge in [-0.15, -0.1) is 0 Å². The maximum Gasteiger partial charge on any atom is 0.313 e. The monoisotopic (exact) mass is 556 g/mol. The van der Waals surface area contributed by atoms with Gasteiger partial charge < -0.3 is 9.26 Å². The van der Waals surface area contributed by atoms with Gasteiger partial charge in [-0.05, 0) is 41.8 Å². The number of carbonyl (C=O) groups excluding carboxylic acids is 1. The topological polar surface area (TPSA) is 112 Å². The second-order valence-corrected chi connectivity index (χ2v) is 10.8. The number of halogens is 1. The lowest BCUT2D eigenvalue weighted by atomic mass is 9.97. The summed E-state index contributed by atoms with van der Waals surface area (Å²) in [6.45, 7) is 1.40. The minimum absolute atomic E-state index is 0.0405. The average Bonchev–Trinajstić information content (AvgIpc) is 3.40. The molecule has 0 aliphatic rings. The van der Waals surface area contributed by atoms with E-state index in [1.54, 1.807) is 31.2 Å². The maximum atomic E-state index is 14.9. The summed E-state index contributed by atoms with van der Waals surface area (Å²) in [5.41, 5.74) is 4.07. The molecule has 0 amide bonds. The molecule has 1 atom stereocenters. The number of ether oxygens (including phenoxy) is 1. The van der Waals surface area contributed by atoms with Crippen molar-refractivity contribution in [3.63, 3.8) is 0 Å². The number of carbonyl (C=O) groups is 1. The molecule has 7 nitrogen and oxygen atoms in total. The summed E-state index contributed by atoms with van der Waals surface area (Å²) in [6.07, 6.45) is 0. The van der Waals surface area contributed by atoms with E-state index in [0.29, 0.717) is 27.9 Å². The van der Waals surface area contributed by atoms with Crippen LogP contribution >= 0.6 is 0 Å². The molecule has 0 spiro atoms. The smallest absolute Gasteiger partial charge is 0.313 e. The Morgan fingerprint density at radius 1 is 0.900 bits per heavy atom. The Kier molecular flexibility index (Phi) is 7.59. The summed E-state index contributed by atoms with van der Waals surface area (Å²) in [6, 6.07) is 29.1. The van der Waals surface area contributed by atoms with Gasteiger partial charge in [0.2, 0.25) is 10.0 Å². The number of aromatic nitrogens is 1. The highest BCUT2D eigenvalue weighted by molar-refractivity contribution is 7.89. The van der Waals surface area contributed by atoms with E-state index >= 15 is 0 Å². The van der Waals surface area contributed by atoms with Crippen LogP contribution in [-0.2, 0) is 26.2 Å². The van der Waals surface area contributed by atoms with Crippen molar-refractivity contribution in [3.8, 4) is 33.5 Å². The van der Waals surface area contributed by atoms with Gasteiger partial charge in [0.05, 0.1) is 16.4 Å². The number of esters is 1. The standard InChI is InChI=1S/C31H25FN2O5S/c1-20(24-14-17-26(27(32)18-24)21-8-4-2-5-9-21)31(35)38-19-28-29(22-12-15-25(16-13-22)40(33,36)37)30(34-39-28)23-10-6-3-7-11-23/h2-18,20H,19H2,1H3,(H2,33,36,37). The lowest BCUT2D eigenvalue weighted by molar-refractivity contribution is -0.147. The van der Waals surface area contributed by atoms with Gasteiger partial charge in [0.15, 0.2) is 12.4 Å². The Bertz CT molecular complexity index is 1750. The van der Waals surface area contributed by atoms with E-state index in [2.05, 4.69) is 5.16 Å². The van der Waals surface area contributed by atoms with E-state index in [1.165, 1.54) is 18.2 Å². The van der Waals surface area contributed by atoms with E-state index in [0.717, 1.165) is 11.1 Å². The van der Waals surface area contributed by atoms with Crippen molar-refractivity contribution in [1.29, 1.82) is 0 Å². The second kappa shape index (κ2) is 11.3. The van der Waals surface area contributed by atoms with Crippen molar-refractivity contribution in [2.45, 2.75) is 24.3 Å². The number of rotatable bonds is 8. The van der Waals surface area contributed by atoms with Crippen molar-refractivity contribution in [1.82, 2.24) is 5.16 Å². The summed E-state index contributed by atoms with van der Waals surface area (Å²) in [4.78, 5) is 12.9. The Hall–Kier alpha value is -4.60. The number of benzene rings is 4. The fourth-order valence-electron chi connectivity index (χ4n) is 4.37. The van der Waals surface area contributed by atoms with Crippen LogP contribution in [0.15, 0.2) is 113 Å².